The van der Waals surface area contributed by atoms with Gasteiger partial charge < -0.3 is 4.74 Å². The van der Waals surface area contributed by atoms with Crippen LogP contribution < -0.4 is 0 Å². The Bertz CT molecular complexity index is 255. The highest BCUT2D eigenvalue weighted by atomic mass is 16.5. The molecule has 1 aliphatic rings. The molecule has 1 aliphatic carbocycles. The molecule has 13 heavy (non-hydrogen) atoms. The first-order valence-corrected chi connectivity index (χ1v) is 4.37. The number of ketones is 1. The standard InChI is InChI=1S/C10H14O3/c1-6-4-5-8(11)9(7(6)2)10(12)13-3/h4-7,9H,1-3H3/t6?,7-,9+/m0/s1. The summed E-state index contributed by atoms with van der Waals surface area (Å²) in [6.07, 6.45) is 3.32. The molecule has 0 heterocycles. The lowest BCUT2D eigenvalue weighted by atomic mass is 9.77. The zero-order valence-electron chi connectivity index (χ0n) is 8.11. The third kappa shape index (κ3) is 1.79. The summed E-state index contributed by atoms with van der Waals surface area (Å²) in [4.78, 5) is 22.6. The molecule has 3 atom stereocenters. The minimum Gasteiger partial charge on any atom is -0.468 e. The number of hydrogen-bond donors (Lipinski definition) is 0. The summed E-state index contributed by atoms with van der Waals surface area (Å²) in [7, 11) is 1.31. The number of hydrogen-bond acceptors (Lipinski definition) is 3. The van der Waals surface area contributed by atoms with E-state index in [1.165, 1.54) is 13.2 Å². The molecule has 1 rings (SSSR count). The Morgan fingerprint density at radius 3 is 2.62 bits per heavy atom. The smallest absolute Gasteiger partial charge is 0.316 e. The van der Waals surface area contributed by atoms with Crippen LogP contribution in [0.1, 0.15) is 13.8 Å². The van der Waals surface area contributed by atoms with E-state index in [9.17, 15) is 9.59 Å². The normalized spacial score (nSPS) is 33.2. The number of methoxy groups -OCH3 is 1. The van der Waals surface area contributed by atoms with E-state index in [0.717, 1.165) is 0 Å². The lowest BCUT2D eigenvalue weighted by molar-refractivity contribution is -0.151. The molecule has 0 aromatic carbocycles. The molecule has 3 heteroatoms. The predicted octanol–water partition coefficient (Wildman–Crippen LogP) is 1.19. The van der Waals surface area contributed by atoms with E-state index in [2.05, 4.69) is 4.74 Å². The van der Waals surface area contributed by atoms with Crippen LogP contribution in [-0.2, 0) is 14.3 Å². The molecule has 0 saturated heterocycles. The third-order valence-electron chi connectivity index (χ3n) is 2.68. The topological polar surface area (TPSA) is 43.4 Å². The molecule has 1 unspecified atom stereocenters. The molecule has 0 amide bonds. The van der Waals surface area contributed by atoms with Crippen LogP contribution in [0.3, 0.4) is 0 Å². The van der Waals surface area contributed by atoms with Gasteiger partial charge in [0, 0.05) is 0 Å². The summed E-state index contributed by atoms with van der Waals surface area (Å²) in [6, 6.07) is 0. The van der Waals surface area contributed by atoms with E-state index in [-0.39, 0.29) is 17.6 Å². The van der Waals surface area contributed by atoms with Crippen LogP contribution in [-0.4, -0.2) is 18.9 Å². The largest absolute Gasteiger partial charge is 0.468 e. The monoisotopic (exact) mass is 182 g/mol. The number of esters is 1. The molecule has 0 fully saturated rings. The van der Waals surface area contributed by atoms with E-state index < -0.39 is 11.9 Å². The lowest BCUT2D eigenvalue weighted by Gasteiger charge is -2.26. The van der Waals surface area contributed by atoms with Gasteiger partial charge in [-0.05, 0) is 17.9 Å². The second-order valence-electron chi connectivity index (χ2n) is 3.48. The second-order valence-corrected chi connectivity index (χ2v) is 3.48. The fourth-order valence-corrected chi connectivity index (χ4v) is 1.55. The van der Waals surface area contributed by atoms with Crippen LogP contribution in [0.5, 0.6) is 0 Å². The van der Waals surface area contributed by atoms with Gasteiger partial charge >= 0.3 is 5.97 Å². The molecule has 3 nitrogen and oxygen atoms in total. The van der Waals surface area contributed by atoms with E-state index in [0.29, 0.717) is 0 Å². The molecule has 0 aliphatic heterocycles. The first-order valence-electron chi connectivity index (χ1n) is 4.37. The van der Waals surface area contributed by atoms with Crippen molar-refractivity contribution in [1.82, 2.24) is 0 Å². The van der Waals surface area contributed by atoms with Crippen molar-refractivity contribution >= 4 is 11.8 Å². The van der Waals surface area contributed by atoms with Crippen molar-refractivity contribution in [1.29, 1.82) is 0 Å². The maximum atomic E-state index is 11.4. The zero-order valence-corrected chi connectivity index (χ0v) is 8.11. The van der Waals surface area contributed by atoms with Crippen molar-refractivity contribution < 1.29 is 14.3 Å². The maximum Gasteiger partial charge on any atom is 0.316 e. The van der Waals surface area contributed by atoms with Gasteiger partial charge in [-0.3, -0.25) is 9.59 Å². The lowest BCUT2D eigenvalue weighted by Crippen LogP contribution is -2.35. The highest BCUT2D eigenvalue weighted by Crippen LogP contribution is 2.28. The summed E-state index contributed by atoms with van der Waals surface area (Å²) < 4.78 is 4.59. The fraction of sp³-hybridized carbons (Fsp3) is 0.600. The first-order chi connectivity index (χ1) is 6.07. The Morgan fingerprint density at radius 2 is 2.08 bits per heavy atom. The van der Waals surface area contributed by atoms with Gasteiger partial charge in [0.05, 0.1) is 7.11 Å². The van der Waals surface area contributed by atoms with Crippen molar-refractivity contribution in [3.8, 4) is 0 Å². The van der Waals surface area contributed by atoms with Gasteiger partial charge in [-0.1, -0.05) is 19.9 Å². The maximum absolute atomic E-state index is 11.4. The average molecular weight is 182 g/mol. The van der Waals surface area contributed by atoms with Crippen molar-refractivity contribution in [2.75, 3.05) is 7.11 Å². The van der Waals surface area contributed by atoms with Crippen LogP contribution >= 0.6 is 0 Å². The molecular formula is C10H14O3. The van der Waals surface area contributed by atoms with Crippen LogP contribution in [0.4, 0.5) is 0 Å². The molecule has 0 aromatic heterocycles. The Hall–Kier alpha value is -1.12. The van der Waals surface area contributed by atoms with Gasteiger partial charge in [0.2, 0.25) is 0 Å². The fourth-order valence-electron chi connectivity index (χ4n) is 1.55. The molecule has 0 aromatic rings. The second kappa shape index (κ2) is 3.73. The molecule has 0 saturated carbocycles. The van der Waals surface area contributed by atoms with Crippen LogP contribution in [0.25, 0.3) is 0 Å². The molecular weight excluding hydrogens is 168 g/mol. The van der Waals surface area contributed by atoms with Gasteiger partial charge in [0.15, 0.2) is 5.78 Å². The molecule has 0 N–H and O–H groups in total. The zero-order chi connectivity index (χ0) is 10.0. The van der Waals surface area contributed by atoms with Gasteiger partial charge in [0.1, 0.15) is 5.92 Å². The van der Waals surface area contributed by atoms with Gasteiger partial charge in [-0.15, -0.1) is 0 Å². The van der Waals surface area contributed by atoms with E-state index >= 15 is 0 Å². The van der Waals surface area contributed by atoms with Gasteiger partial charge in [0.25, 0.3) is 0 Å². The van der Waals surface area contributed by atoms with Crippen molar-refractivity contribution in [3.05, 3.63) is 12.2 Å². The predicted molar refractivity (Wildman–Crippen MR) is 48.0 cm³/mol. The first kappa shape index (κ1) is 9.96. The number of carbonyl (C=O) groups excluding carboxylic acids is 2. The third-order valence-corrected chi connectivity index (χ3v) is 2.68. The Morgan fingerprint density at radius 1 is 1.46 bits per heavy atom. The summed E-state index contributed by atoms with van der Waals surface area (Å²) >= 11 is 0. The SMILES string of the molecule is COC(=O)[C@H]1C(=O)C=CC(C)[C@@H]1C. The molecule has 72 valence electrons. The molecule has 0 bridgehead atoms. The summed E-state index contributed by atoms with van der Waals surface area (Å²) in [5.41, 5.74) is 0. The molecule has 0 radical (unpaired) electrons. The van der Waals surface area contributed by atoms with Gasteiger partial charge in [-0.2, -0.15) is 0 Å². The number of carbonyl (C=O) groups is 2. The Kier molecular flexibility index (Phi) is 2.86. The number of rotatable bonds is 1. The highest BCUT2D eigenvalue weighted by molar-refractivity contribution is 6.05. The Balaban J connectivity index is 2.89. The van der Waals surface area contributed by atoms with Crippen LogP contribution in [0.15, 0.2) is 12.2 Å². The van der Waals surface area contributed by atoms with Crippen molar-refractivity contribution in [3.63, 3.8) is 0 Å². The highest BCUT2D eigenvalue weighted by Gasteiger charge is 2.36. The number of ether oxygens (including phenoxy) is 1. The summed E-state index contributed by atoms with van der Waals surface area (Å²) in [5, 5.41) is 0. The van der Waals surface area contributed by atoms with Crippen LogP contribution in [0, 0.1) is 17.8 Å². The van der Waals surface area contributed by atoms with Gasteiger partial charge in [-0.25, -0.2) is 0 Å². The Labute approximate surface area is 77.8 Å². The molecule has 0 spiro atoms. The summed E-state index contributed by atoms with van der Waals surface area (Å²) in [5.74, 6) is -0.886. The quantitative estimate of drug-likeness (QED) is 0.452. The van der Waals surface area contributed by atoms with Crippen LogP contribution in [0.2, 0.25) is 0 Å². The average Bonchev–Trinajstić information content (AvgIpc) is 2.12. The van der Waals surface area contributed by atoms with Crippen molar-refractivity contribution in [2.45, 2.75) is 13.8 Å². The van der Waals surface area contributed by atoms with E-state index in [1.807, 2.05) is 19.9 Å². The number of allylic oxidation sites excluding steroid dienone is 2. The van der Waals surface area contributed by atoms with E-state index in [4.69, 9.17) is 0 Å². The van der Waals surface area contributed by atoms with Crippen molar-refractivity contribution in [2.24, 2.45) is 17.8 Å². The minimum atomic E-state index is -0.606. The minimum absolute atomic E-state index is 0.0324. The summed E-state index contributed by atoms with van der Waals surface area (Å²) in [6.45, 7) is 3.89. The van der Waals surface area contributed by atoms with E-state index in [1.54, 1.807) is 0 Å².